The molecule has 1 heterocycles. The van der Waals surface area contributed by atoms with Crippen molar-refractivity contribution in [3.63, 3.8) is 0 Å². The summed E-state index contributed by atoms with van der Waals surface area (Å²) >= 11 is 0. The summed E-state index contributed by atoms with van der Waals surface area (Å²) in [6.45, 7) is 0.601. The van der Waals surface area contributed by atoms with E-state index in [9.17, 15) is 18.0 Å². The van der Waals surface area contributed by atoms with Crippen LogP contribution < -0.4 is 10.6 Å². The van der Waals surface area contributed by atoms with Gasteiger partial charge in [0.15, 0.2) is 9.84 Å². The predicted molar refractivity (Wildman–Crippen MR) is 99.7 cm³/mol. The number of hydrogen-bond acceptors (Lipinski definition) is 6. The van der Waals surface area contributed by atoms with Crippen molar-refractivity contribution in [3.8, 4) is 0 Å². The maximum Gasteiger partial charge on any atom is 0.309 e. The van der Waals surface area contributed by atoms with Crippen molar-refractivity contribution in [2.75, 3.05) is 33.7 Å². The van der Waals surface area contributed by atoms with E-state index in [4.69, 9.17) is 4.42 Å². The minimum atomic E-state index is -3.82. The molecule has 0 fully saturated rings. The molecule has 146 valence electrons. The second-order valence-electron chi connectivity index (χ2n) is 6.13. The molecule has 0 aliphatic rings. The quantitative estimate of drug-likeness (QED) is 0.636. The minimum absolute atomic E-state index is 0.107. The number of nitrogens with zero attached hydrogens (tertiary/aromatic N) is 1. The SMILES string of the molecule is CN(C)CCNC(=O)C(=O)NC[C@@H](c1ccco1)S(=O)(=O)c1ccccc1. The zero-order valence-corrected chi connectivity index (χ0v) is 16.0. The monoisotopic (exact) mass is 393 g/mol. The van der Waals surface area contributed by atoms with Crippen LogP contribution in [0.5, 0.6) is 0 Å². The highest BCUT2D eigenvalue weighted by Crippen LogP contribution is 2.28. The Morgan fingerprint density at radius 1 is 1.04 bits per heavy atom. The van der Waals surface area contributed by atoms with E-state index in [-0.39, 0.29) is 17.2 Å². The number of nitrogens with one attached hydrogen (secondary N) is 2. The smallest absolute Gasteiger partial charge is 0.309 e. The molecule has 0 spiro atoms. The fraction of sp³-hybridized carbons (Fsp3) is 0.333. The van der Waals surface area contributed by atoms with E-state index in [0.717, 1.165) is 0 Å². The first-order valence-corrected chi connectivity index (χ1v) is 9.90. The van der Waals surface area contributed by atoms with E-state index in [0.29, 0.717) is 13.1 Å². The molecule has 2 rings (SSSR count). The van der Waals surface area contributed by atoms with E-state index in [2.05, 4.69) is 10.6 Å². The minimum Gasteiger partial charge on any atom is -0.468 e. The lowest BCUT2D eigenvalue weighted by atomic mass is 10.3. The van der Waals surface area contributed by atoms with Crippen molar-refractivity contribution in [1.29, 1.82) is 0 Å². The summed E-state index contributed by atoms with van der Waals surface area (Å²) in [6, 6.07) is 11.0. The molecule has 0 saturated carbocycles. The van der Waals surface area contributed by atoms with Gasteiger partial charge < -0.3 is 20.0 Å². The van der Waals surface area contributed by atoms with Crippen LogP contribution in [0.4, 0.5) is 0 Å². The number of hydrogen-bond donors (Lipinski definition) is 2. The Hall–Kier alpha value is -2.65. The number of rotatable bonds is 8. The Balaban J connectivity index is 2.09. The Bertz CT molecular complexity index is 848. The fourth-order valence-corrected chi connectivity index (χ4v) is 3.96. The van der Waals surface area contributed by atoms with Crippen LogP contribution in [0.1, 0.15) is 11.0 Å². The van der Waals surface area contributed by atoms with Crippen LogP contribution in [0.15, 0.2) is 58.0 Å². The first-order valence-electron chi connectivity index (χ1n) is 8.35. The number of carbonyl (C=O) groups is 2. The van der Waals surface area contributed by atoms with E-state index in [1.54, 1.807) is 24.3 Å². The Morgan fingerprint density at radius 2 is 1.70 bits per heavy atom. The highest BCUT2D eigenvalue weighted by atomic mass is 32.2. The summed E-state index contributed by atoms with van der Waals surface area (Å²) in [5.74, 6) is -1.52. The predicted octanol–water partition coefficient (Wildman–Crippen LogP) is 0.589. The summed E-state index contributed by atoms with van der Waals surface area (Å²) in [4.78, 5) is 25.8. The molecule has 0 unspecified atom stereocenters. The maximum atomic E-state index is 12.9. The van der Waals surface area contributed by atoms with Crippen molar-refractivity contribution in [3.05, 3.63) is 54.5 Å². The Labute approximate surface area is 158 Å². The molecule has 2 aromatic rings. The van der Waals surface area contributed by atoms with Gasteiger partial charge in [0.05, 0.1) is 11.2 Å². The topological polar surface area (TPSA) is 109 Å². The summed E-state index contributed by atoms with van der Waals surface area (Å²) in [5.41, 5.74) is 0. The molecule has 2 amide bonds. The molecule has 0 radical (unpaired) electrons. The fourth-order valence-electron chi connectivity index (χ4n) is 2.35. The molecule has 0 bridgehead atoms. The zero-order chi connectivity index (χ0) is 19.9. The lowest BCUT2D eigenvalue weighted by molar-refractivity contribution is -0.139. The lowest BCUT2D eigenvalue weighted by Gasteiger charge is -2.16. The second kappa shape index (κ2) is 9.33. The summed E-state index contributed by atoms with van der Waals surface area (Å²) in [6.07, 6.45) is 1.36. The van der Waals surface area contributed by atoms with Crippen LogP contribution in [-0.4, -0.2) is 58.9 Å². The standard InChI is InChI=1S/C18H23N3O5S/c1-21(2)11-10-19-17(22)18(23)20-13-16(15-9-6-12-26-15)27(24,25)14-7-4-3-5-8-14/h3-9,12,16H,10-11,13H2,1-2H3,(H,19,22)(H,20,23)/t16-/m0/s1. The van der Waals surface area contributed by atoms with Gasteiger partial charge in [0.2, 0.25) is 0 Å². The van der Waals surface area contributed by atoms with Crippen LogP contribution >= 0.6 is 0 Å². The molecule has 27 heavy (non-hydrogen) atoms. The van der Waals surface area contributed by atoms with E-state index < -0.39 is 26.9 Å². The van der Waals surface area contributed by atoms with Gasteiger partial charge in [0.25, 0.3) is 0 Å². The van der Waals surface area contributed by atoms with E-state index >= 15 is 0 Å². The maximum absolute atomic E-state index is 12.9. The first kappa shape index (κ1) is 20.7. The Morgan fingerprint density at radius 3 is 2.30 bits per heavy atom. The van der Waals surface area contributed by atoms with Gasteiger partial charge in [-0.1, -0.05) is 18.2 Å². The van der Waals surface area contributed by atoms with Crippen LogP contribution in [0.25, 0.3) is 0 Å². The third-order valence-electron chi connectivity index (χ3n) is 3.81. The number of likely N-dealkylation sites (N-methyl/N-ethyl adjacent to an activating group) is 1. The molecule has 2 N–H and O–H groups in total. The largest absolute Gasteiger partial charge is 0.468 e. The highest BCUT2D eigenvalue weighted by molar-refractivity contribution is 7.91. The first-order chi connectivity index (χ1) is 12.8. The van der Waals surface area contributed by atoms with Gasteiger partial charge in [-0.2, -0.15) is 0 Å². The highest BCUT2D eigenvalue weighted by Gasteiger charge is 2.32. The van der Waals surface area contributed by atoms with Gasteiger partial charge in [0, 0.05) is 19.6 Å². The number of furan rings is 1. The summed E-state index contributed by atoms with van der Waals surface area (Å²) < 4.78 is 31.1. The molecule has 1 aromatic heterocycles. The van der Waals surface area contributed by atoms with Crippen LogP contribution in [0.2, 0.25) is 0 Å². The van der Waals surface area contributed by atoms with Crippen LogP contribution in [-0.2, 0) is 19.4 Å². The van der Waals surface area contributed by atoms with E-state index in [1.165, 1.54) is 24.5 Å². The van der Waals surface area contributed by atoms with Crippen molar-refractivity contribution in [2.45, 2.75) is 10.1 Å². The van der Waals surface area contributed by atoms with Crippen molar-refractivity contribution in [1.82, 2.24) is 15.5 Å². The summed E-state index contributed by atoms with van der Waals surface area (Å²) in [5, 5.41) is 3.71. The van der Waals surface area contributed by atoms with Gasteiger partial charge >= 0.3 is 11.8 Å². The molecular formula is C18H23N3O5S. The van der Waals surface area contributed by atoms with E-state index in [1.807, 2.05) is 19.0 Å². The van der Waals surface area contributed by atoms with Crippen molar-refractivity contribution >= 4 is 21.7 Å². The average Bonchev–Trinajstić information content (AvgIpc) is 3.16. The normalized spacial score (nSPS) is 12.6. The number of carbonyl (C=O) groups excluding carboxylic acids is 2. The molecule has 0 aliphatic heterocycles. The number of amides is 2. The zero-order valence-electron chi connectivity index (χ0n) is 15.2. The number of benzene rings is 1. The molecule has 0 aliphatic carbocycles. The molecule has 0 saturated heterocycles. The molecule has 9 heteroatoms. The third-order valence-corrected chi connectivity index (χ3v) is 5.88. The molecule has 1 atom stereocenters. The molecular weight excluding hydrogens is 370 g/mol. The van der Waals surface area contributed by atoms with Gasteiger partial charge in [0.1, 0.15) is 11.0 Å². The van der Waals surface area contributed by atoms with Gasteiger partial charge in [-0.05, 0) is 38.4 Å². The lowest BCUT2D eigenvalue weighted by Crippen LogP contribution is -2.43. The summed E-state index contributed by atoms with van der Waals surface area (Å²) in [7, 11) is -0.137. The van der Waals surface area contributed by atoms with Crippen LogP contribution in [0.3, 0.4) is 0 Å². The number of sulfone groups is 1. The van der Waals surface area contributed by atoms with Gasteiger partial charge in [-0.15, -0.1) is 0 Å². The molecule has 1 aromatic carbocycles. The van der Waals surface area contributed by atoms with Gasteiger partial charge in [-0.25, -0.2) is 8.42 Å². The van der Waals surface area contributed by atoms with Crippen LogP contribution in [0, 0.1) is 0 Å². The third kappa shape index (κ3) is 5.66. The second-order valence-corrected chi connectivity index (χ2v) is 8.26. The van der Waals surface area contributed by atoms with Gasteiger partial charge in [-0.3, -0.25) is 9.59 Å². The average molecular weight is 393 g/mol. The van der Waals surface area contributed by atoms with Crippen molar-refractivity contribution < 1.29 is 22.4 Å². The molecule has 8 nitrogen and oxygen atoms in total. The van der Waals surface area contributed by atoms with Crippen molar-refractivity contribution in [2.24, 2.45) is 0 Å². The Kier molecular flexibility index (Phi) is 7.14.